The van der Waals surface area contributed by atoms with Crippen molar-refractivity contribution in [1.82, 2.24) is 19.9 Å². The van der Waals surface area contributed by atoms with Gasteiger partial charge in [0.15, 0.2) is 0 Å². The fraction of sp³-hybridized carbons (Fsp3) is 0.0667. The minimum atomic E-state index is 0.229. The van der Waals surface area contributed by atoms with Gasteiger partial charge in [0.25, 0.3) is 0 Å². The van der Waals surface area contributed by atoms with Gasteiger partial charge in [-0.3, -0.25) is 9.98 Å². The summed E-state index contributed by atoms with van der Waals surface area (Å²) in [7, 11) is 1.68. The average molecular weight is 749 g/mol. The molecular weight excluding hydrogens is 713 g/mol. The summed E-state index contributed by atoms with van der Waals surface area (Å²) >= 11 is 0. The fourth-order valence-electron chi connectivity index (χ4n) is 7.08. The molecule has 0 bridgehead atoms. The Kier molecular flexibility index (Phi) is 9.03. The lowest BCUT2D eigenvalue weighted by Gasteiger charge is -2.10. The normalized spacial score (nSPS) is 12.6. The van der Waals surface area contributed by atoms with E-state index in [1.165, 1.54) is 16.5 Å². The van der Waals surface area contributed by atoms with E-state index in [9.17, 15) is 5.11 Å². The standard InChI is InChI=1S/C23H19N5O.C22H17N5O/c1-29-19-7-5-14-2-3-15(10-17(14)11-19)22-20-12-18(6-4-16(20)13-26-22)27-21-8-9-25-23(24)28-21;23-22-24-8-7-20(27-22)26-17-5-3-15-12-25-21(19(15)11-17)14-2-1-13-4-6-18(28)10-16(13)9-14/h2-12H,13H2,1H3,(H3,24,25,27,28);1-11,28H,12H2,(H3,23,24,26,27). The molecule has 0 saturated heterocycles. The van der Waals surface area contributed by atoms with Crippen molar-refractivity contribution in [2.45, 2.75) is 13.1 Å². The second-order valence-corrected chi connectivity index (χ2v) is 13.6. The number of phenolic OH excluding ortho intramolecular Hbond substituents is 1. The van der Waals surface area contributed by atoms with Crippen molar-refractivity contribution in [3.63, 3.8) is 0 Å². The van der Waals surface area contributed by atoms with Crippen LogP contribution in [0.3, 0.4) is 0 Å². The van der Waals surface area contributed by atoms with Crippen LogP contribution in [0.4, 0.5) is 34.9 Å². The largest absolute Gasteiger partial charge is 0.508 e. The van der Waals surface area contributed by atoms with Crippen LogP contribution in [-0.2, 0) is 13.1 Å². The number of rotatable bonds is 7. The van der Waals surface area contributed by atoms with E-state index in [2.05, 4.69) is 97.3 Å². The minimum absolute atomic E-state index is 0.229. The zero-order valence-corrected chi connectivity index (χ0v) is 30.8. The Morgan fingerprint density at radius 2 is 1.05 bits per heavy atom. The molecule has 0 amide bonds. The highest BCUT2D eigenvalue weighted by Gasteiger charge is 2.20. The maximum Gasteiger partial charge on any atom is 0.221 e. The molecule has 57 heavy (non-hydrogen) atoms. The van der Waals surface area contributed by atoms with E-state index in [4.69, 9.17) is 26.2 Å². The molecule has 0 spiro atoms. The zero-order valence-electron chi connectivity index (χ0n) is 30.8. The molecule has 2 aromatic heterocycles. The number of anilines is 6. The smallest absolute Gasteiger partial charge is 0.221 e. The van der Waals surface area contributed by atoms with Gasteiger partial charge in [0.2, 0.25) is 11.9 Å². The summed E-state index contributed by atoms with van der Waals surface area (Å²) in [4.78, 5) is 25.8. The van der Waals surface area contributed by atoms with Gasteiger partial charge in [0.1, 0.15) is 23.1 Å². The third-order valence-electron chi connectivity index (χ3n) is 9.86. The van der Waals surface area contributed by atoms with Crippen LogP contribution in [0.25, 0.3) is 21.5 Å². The Bertz CT molecular complexity index is 2910. The highest BCUT2D eigenvalue weighted by atomic mass is 16.5. The van der Waals surface area contributed by atoms with Gasteiger partial charge in [-0.05, 0) is 105 Å². The van der Waals surface area contributed by atoms with Gasteiger partial charge < -0.3 is 31.9 Å². The van der Waals surface area contributed by atoms with Crippen molar-refractivity contribution in [2.24, 2.45) is 9.98 Å². The van der Waals surface area contributed by atoms with Gasteiger partial charge in [-0.2, -0.15) is 9.97 Å². The topological polar surface area (TPSA) is 182 Å². The SMILES string of the molecule is COc1ccc2ccc(C3=NCc4ccc(Nc5ccnc(N)n5)cc43)cc2c1.Nc1nccc(Nc2ccc3c(c2)C(c2ccc4ccc(O)cc4c2)=NC3)n1. The Hall–Kier alpha value is -7.86. The molecule has 12 nitrogen and oxygen atoms in total. The molecule has 0 fully saturated rings. The molecule has 2 aliphatic rings. The van der Waals surface area contributed by atoms with Crippen LogP contribution in [0.15, 0.2) is 144 Å². The van der Waals surface area contributed by atoms with Gasteiger partial charge in [0, 0.05) is 46.0 Å². The second-order valence-electron chi connectivity index (χ2n) is 13.6. The summed E-state index contributed by atoms with van der Waals surface area (Å²) in [6.07, 6.45) is 3.25. The highest BCUT2D eigenvalue weighted by Crippen LogP contribution is 2.31. The first kappa shape index (κ1) is 34.9. The number of methoxy groups -OCH3 is 1. The molecule has 0 unspecified atom stereocenters. The molecule has 0 aliphatic carbocycles. The van der Waals surface area contributed by atoms with E-state index in [1.54, 1.807) is 43.8 Å². The number of nitrogens with zero attached hydrogens (tertiary/aromatic N) is 6. The number of aliphatic imine (C=N–C) groups is 2. The van der Waals surface area contributed by atoms with E-state index in [0.29, 0.717) is 24.7 Å². The number of nitrogens with one attached hydrogen (secondary N) is 2. The van der Waals surface area contributed by atoms with Crippen molar-refractivity contribution >= 4 is 67.9 Å². The quantitative estimate of drug-likeness (QED) is 0.106. The molecular formula is C45H36N10O2. The second kappa shape index (κ2) is 14.8. The van der Waals surface area contributed by atoms with Crippen LogP contribution in [0.5, 0.6) is 11.5 Å². The number of aromatic hydroxyl groups is 1. The van der Waals surface area contributed by atoms with Gasteiger partial charge in [0.05, 0.1) is 31.6 Å². The lowest BCUT2D eigenvalue weighted by Crippen LogP contribution is -2.03. The van der Waals surface area contributed by atoms with E-state index in [0.717, 1.165) is 67.0 Å². The number of benzene rings is 6. The molecule has 0 saturated carbocycles. The van der Waals surface area contributed by atoms with Gasteiger partial charge in [-0.15, -0.1) is 0 Å². The minimum Gasteiger partial charge on any atom is -0.508 e. The van der Waals surface area contributed by atoms with E-state index < -0.39 is 0 Å². The van der Waals surface area contributed by atoms with E-state index >= 15 is 0 Å². The van der Waals surface area contributed by atoms with Crippen molar-refractivity contribution in [3.8, 4) is 11.5 Å². The van der Waals surface area contributed by atoms with Crippen LogP contribution in [0, 0.1) is 0 Å². The third-order valence-corrected chi connectivity index (χ3v) is 9.86. The van der Waals surface area contributed by atoms with Gasteiger partial charge in [-0.25, -0.2) is 9.97 Å². The van der Waals surface area contributed by atoms with Crippen LogP contribution >= 0.6 is 0 Å². The van der Waals surface area contributed by atoms with Crippen LogP contribution < -0.4 is 26.8 Å². The zero-order chi connectivity index (χ0) is 38.9. The first-order valence-corrected chi connectivity index (χ1v) is 18.2. The summed E-state index contributed by atoms with van der Waals surface area (Å²) in [5.74, 6) is 2.88. The monoisotopic (exact) mass is 748 g/mol. The molecule has 0 atom stereocenters. The first-order chi connectivity index (χ1) is 27.8. The number of ether oxygens (including phenoxy) is 1. The first-order valence-electron chi connectivity index (χ1n) is 18.2. The Balaban J connectivity index is 0.000000148. The van der Waals surface area contributed by atoms with Gasteiger partial charge >= 0.3 is 0 Å². The number of nitrogen functional groups attached to an aromatic ring is 2. The maximum absolute atomic E-state index is 9.78. The van der Waals surface area contributed by atoms with Crippen LogP contribution in [0.1, 0.15) is 33.4 Å². The Labute approximate surface area is 327 Å². The van der Waals surface area contributed by atoms with Crippen molar-refractivity contribution < 1.29 is 9.84 Å². The molecule has 0 radical (unpaired) electrons. The fourth-order valence-corrected chi connectivity index (χ4v) is 7.08. The van der Waals surface area contributed by atoms with Crippen LogP contribution in [0.2, 0.25) is 0 Å². The predicted molar refractivity (Wildman–Crippen MR) is 227 cm³/mol. The van der Waals surface area contributed by atoms with Crippen LogP contribution in [-0.4, -0.2) is 43.6 Å². The van der Waals surface area contributed by atoms with E-state index in [1.807, 2.05) is 30.3 Å². The molecule has 7 N–H and O–H groups in total. The molecule has 2 aliphatic heterocycles. The van der Waals surface area contributed by atoms with E-state index in [-0.39, 0.29) is 17.6 Å². The number of hydrogen-bond donors (Lipinski definition) is 5. The van der Waals surface area contributed by atoms with Crippen molar-refractivity contribution in [3.05, 3.63) is 167 Å². The van der Waals surface area contributed by atoms with Crippen molar-refractivity contribution in [1.29, 1.82) is 0 Å². The molecule has 8 aromatic rings. The molecule has 278 valence electrons. The molecule has 10 rings (SSSR count). The number of nitrogens with two attached hydrogens (primary N) is 2. The molecule has 6 aromatic carbocycles. The van der Waals surface area contributed by atoms with Crippen molar-refractivity contribution in [2.75, 3.05) is 29.2 Å². The third kappa shape index (κ3) is 7.34. The maximum atomic E-state index is 9.78. The number of hydrogen-bond acceptors (Lipinski definition) is 12. The molecule has 12 heteroatoms. The lowest BCUT2D eigenvalue weighted by atomic mass is 9.97. The number of phenols is 1. The summed E-state index contributed by atoms with van der Waals surface area (Å²) < 4.78 is 5.37. The summed E-state index contributed by atoms with van der Waals surface area (Å²) in [5, 5.41) is 20.7. The number of aromatic nitrogens is 4. The van der Waals surface area contributed by atoms with Gasteiger partial charge in [-0.1, -0.05) is 48.5 Å². The molecule has 4 heterocycles. The highest BCUT2D eigenvalue weighted by molar-refractivity contribution is 6.17. The average Bonchev–Trinajstić information content (AvgIpc) is 3.84. The Morgan fingerprint density at radius 3 is 1.58 bits per heavy atom. The number of fused-ring (bicyclic) bond motifs is 4. The summed E-state index contributed by atoms with van der Waals surface area (Å²) in [6.45, 7) is 1.34. The summed E-state index contributed by atoms with van der Waals surface area (Å²) in [6, 6.07) is 40.0. The predicted octanol–water partition coefficient (Wildman–Crippen LogP) is 8.33. The Morgan fingerprint density at radius 1 is 0.544 bits per heavy atom. The summed E-state index contributed by atoms with van der Waals surface area (Å²) in [5.41, 5.74) is 21.8. The lowest BCUT2D eigenvalue weighted by molar-refractivity contribution is 0.415.